The fourth-order valence-corrected chi connectivity index (χ4v) is 3.55. The average molecular weight is 298 g/mol. The number of likely N-dealkylation sites (N-methyl/N-ethyl adjacent to an activating group) is 2. The lowest BCUT2D eigenvalue weighted by atomic mass is 10.2. The molecule has 1 N–H and O–H groups in total. The molecule has 0 fully saturated rings. The smallest absolute Gasteiger partial charge is 0.321 e. The Morgan fingerprint density at radius 3 is 2.70 bits per heavy atom. The van der Waals surface area contributed by atoms with Gasteiger partial charge in [-0.25, -0.2) is 8.42 Å². The quantitative estimate of drug-likeness (QED) is 0.888. The van der Waals surface area contributed by atoms with Gasteiger partial charge in [0.2, 0.25) is 10.0 Å². The molecule has 0 aromatic heterocycles. The van der Waals surface area contributed by atoms with E-state index in [1.807, 2.05) is 11.9 Å². The predicted octanol–water partition coefficient (Wildman–Crippen LogP) is 0.772. The Morgan fingerprint density at radius 1 is 1.45 bits per heavy atom. The Morgan fingerprint density at radius 2 is 2.10 bits per heavy atom. The second-order valence-electron chi connectivity index (χ2n) is 5.00. The number of rotatable bonds is 4. The first-order chi connectivity index (χ1) is 9.25. The van der Waals surface area contributed by atoms with Gasteiger partial charge in [-0.1, -0.05) is 6.07 Å². The molecule has 6 nitrogen and oxygen atoms in total. The van der Waals surface area contributed by atoms with E-state index in [1.165, 1.54) is 14.0 Å². The molecule has 0 unspecified atom stereocenters. The van der Waals surface area contributed by atoms with Gasteiger partial charge in [-0.3, -0.25) is 4.79 Å². The Kier molecular flexibility index (Phi) is 3.75. The zero-order valence-electron chi connectivity index (χ0n) is 11.7. The van der Waals surface area contributed by atoms with E-state index in [1.54, 1.807) is 18.2 Å². The van der Waals surface area contributed by atoms with Crippen molar-refractivity contribution in [3.05, 3.63) is 23.8 Å². The van der Waals surface area contributed by atoms with E-state index in [4.69, 9.17) is 5.11 Å². The van der Waals surface area contributed by atoms with Crippen molar-refractivity contribution in [2.75, 3.05) is 25.5 Å². The van der Waals surface area contributed by atoms with Gasteiger partial charge in [-0.05, 0) is 31.0 Å². The lowest BCUT2D eigenvalue weighted by Crippen LogP contribution is -2.40. The minimum atomic E-state index is -3.80. The van der Waals surface area contributed by atoms with Crippen LogP contribution in [0.15, 0.2) is 23.1 Å². The number of carbonyl (C=O) groups is 1. The largest absolute Gasteiger partial charge is 0.480 e. The van der Waals surface area contributed by atoms with Crippen molar-refractivity contribution in [2.45, 2.75) is 24.3 Å². The number of carboxylic acids is 1. The fraction of sp³-hybridized carbons (Fsp3) is 0.462. The lowest BCUT2D eigenvalue weighted by molar-refractivity contribution is -0.140. The maximum atomic E-state index is 12.4. The van der Waals surface area contributed by atoms with Gasteiger partial charge in [-0.15, -0.1) is 0 Å². The van der Waals surface area contributed by atoms with E-state index in [0.29, 0.717) is 0 Å². The second-order valence-corrected chi connectivity index (χ2v) is 7.00. The molecule has 1 aliphatic rings. The highest BCUT2D eigenvalue weighted by molar-refractivity contribution is 7.89. The van der Waals surface area contributed by atoms with Gasteiger partial charge in [0.05, 0.1) is 4.90 Å². The van der Waals surface area contributed by atoms with Crippen LogP contribution in [0.3, 0.4) is 0 Å². The summed E-state index contributed by atoms with van der Waals surface area (Å²) in [4.78, 5) is 13.1. The molecule has 110 valence electrons. The monoisotopic (exact) mass is 298 g/mol. The third-order valence-electron chi connectivity index (χ3n) is 3.76. The molecule has 0 aliphatic carbocycles. The molecule has 7 heteroatoms. The van der Waals surface area contributed by atoms with Crippen LogP contribution in [-0.2, 0) is 21.2 Å². The fourth-order valence-electron chi connectivity index (χ4n) is 2.21. The zero-order chi connectivity index (χ0) is 15.1. The van der Waals surface area contributed by atoms with Gasteiger partial charge in [0.15, 0.2) is 0 Å². The lowest BCUT2D eigenvalue weighted by Gasteiger charge is -2.22. The van der Waals surface area contributed by atoms with E-state index in [0.717, 1.165) is 28.5 Å². The molecule has 0 radical (unpaired) electrons. The van der Waals surface area contributed by atoms with Crippen LogP contribution < -0.4 is 4.90 Å². The minimum Gasteiger partial charge on any atom is -0.480 e. The Hall–Kier alpha value is -1.60. The first-order valence-corrected chi connectivity index (χ1v) is 7.74. The van der Waals surface area contributed by atoms with Crippen molar-refractivity contribution in [3.8, 4) is 0 Å². The maximum absolute atomic E-state index is 12.4. The Labute approximate surface area is 118 Å². The summed E-state index contributed by atoms with van der Waals surface area (Å²) in [6, 6.07) is 3.84. The summed E-state index contributed by atoms with van der Waals surface area (Å²) in [5.74, 6) is -1.17. The predicted molar refractivity (Wildman–Crippen MR) is 75.5 cm³/mol. The minimum absolute atomic E-state index is 0.126. The third-order valence-corrected chi connectivity index (χ3v) is 5.69. The Bertz CT molecular complexity index is 642. The maximum Gasteiger partial charge on any atom is 0.321 e. The molecule has 0 saturated heterocycles. The van der Waals surface area contributed by atoms with E-state index in [-0.39, 0.29) is 4.90 Å². The molecule has 1 heterocycles. The number of hydrogen-bond acceptors (Lipinski definition) is 4. The van der Waals surface area contributed by atoms with Gasteiger partial charge in [0.1, 0.15) is 6.04 Å². The van der Waals surface area contributed by atoms with Gasteiger partial charge >= 0.3 is 5.97 Å². The summed E-state index contributed by atoms with van der Waals surface area (Å²) in [5.41, 5.74) is 2.00. The number of nitrogens with zero attached hydrogens (tertiary/aromatic N) is 2. The number of fused-ring (bicyclic) bond motifs is 1. The summed E-state index contributed by atoms with van der Waals surface area (Å²) < 4.78 is 25.7. The molecule has 0 spiro atoms. The summed E-state index contributed by atoms with van der Waals surface area (Å²) in [6.45, 7) is 2.21. The molecule has 1 aromatic rings. The van der Waals surface area contributed by atoms with Crippen molar-refractivity contribution < 1.29 is 18.3 Å². The van der Waals surface area contributed by atoms with E-state index in [2.05, 4.69) is 0 Å². The van der Waals surface area contributed by atoms with E-state index >= 15 is 0 Å². The number of carboxylic acid groups (broad SMARTS) is 1. The molecule has 0 saturated carbocycles. The van der Waals surface area contributed by atoms with Crippen LogP contribution in [0.4, 0.5) is 5.69 Å². The molecular weight excluding hydrogens is 280 g/mol. The van der Waals surface area contributed by atoms with Crippen LogP contribution in [0.2, 0.25) is 0 Å². The molecular formula is C13H18N2O4S. The first-order valence-electron chi connectivity index (χ1n) is 6.30. The molecule has 1 atom stereocenters. The third kappa shape index (κ3) is 2.38. The SMILES string of the molecule is C[C@H](C(=O)O)N(C)S(=O)(=O)c1ccc2c(c1)N(C)CC2. The number of hydrogen-bond donors (Lipinski definition) is 1. The first kappa shape index (κ1) is 14.8. The zero-order valence-corrected chi connectivity index (χ0v) is 12.5. The van der Waals surface area contributed by atoms with Crippen LogP contribution in [0.5, 0.6) is 0 Å². The topological polar surface area (TPSA) is 77.9 Å². The average Bonchev–Trinajstić information content (AvgIpc) is 2.78. The molecule has 0 bridgehead atoms. The van der Waals surface area contributed by atoms with Gasteiger partial charge in [-0.2, -0.15) is 4.31 Å². The summed E-state index contributed by atoms with van der Waals surface area (Å²) in [6.07, 6.45) is 0.896. The Balaban J connectivity index is 2.40. The molecule has 2 rings (SSSR count). The molecule has 0 amide bonds. The highest BCUT2D eigenvalue weighted by Gasteiger charge is 2.30. The number of anilines is 1. The second kappa shape index (κ2) is 5.06. The van der Waals surface area contributed by atoms with Crippen molar-refractivity contribution in [1.29, 1.82) is 0 Å². The van der Waals surface area contributed by atoms with Crippen LogP contribution in [0.1, 0.15) is 12.5 Å². The van der Waals surface area contributed by atoms with Crippen molar-refractivity contribution in [2.24, 2.45) is 0 Å². The normalized spacial score (nSPS) is 16.3. The van der Waals surface area contributed by atoms with E-state index < -0.39 is 22.0 Å². The van der Waals surface area contributed by atoms with Crippen LogP contribution in [0.25, 0.3) is 0 Å². The summed E-state index contributed by atoms with van der Waals surface area (Å²) >= 11 is 0. The van der Waals surface area contributed by atoms with Crippen molar-refractivity contribution in [1.82, 2.24) is 4.31 Å². The molecule has 20 heavy (non-hydrogen) atoms. The van der Waals surface area contributed by atoms with E-state index in [9.17, 15) is 13.2 Å². The molecule has 1 aromatic carbocycles. The highest BCUT2D eigenvalue weighted by Crippen LogP contribution is 2.30. The van der Waals surface area contributed by atoms with Gasteiger partial charge in [0, 0.05) is 26.3 Å². The summed E-state index contributed by atoms with van der Waals surface area (Å²) in [7, 11) is -0.611. The van der Waals surface area contributed by atoms with Crippen molar-refractivity contribution >= 4 is 21.7 Å². The van der Waals surface area contributed by atoms with Crippen LogP contribution >= 0.6 is 0 Å². The van der Waals surface area contributed by atoms with Crippen LogP contribution in [-0.4, -0.2) is 50.5 Å². The number of sulfonamides is 1. The van der Waals surface area contributed by atoms with Gasteiger partial charge < -0.3 is 10.0 Å². The summed E-state index contributed by atoms with van der Waals surface area (Å²) in [5, 5.41) is 8.95. The number of aliphatic carboxylic acids is 1. The highest BCUT2D eigenvalue weighted by atomic mass is 32.2. The molecule has 1 aliphatic heterocycles. The van der Waals surface area contributed by atoms with Crippen LogP contribution in [0, 0.1) is 0 Å². The van der Waals surface area contributed by atoms with Gasteiger partial charge in [0.25, 0.3) is 0 Å². The number of benzene rings is 1. The van der Waals surface area contributed by atoms with Crippen molar-refractivity contribution in [3.63, 3.8) is 0 Å². The standard InChI is InChI=1S/C13H18N2O4S/c1-9(13(16)17)15(3)20(18,19)11-5-4-10-6-7-14(2)12(10)8-11/h4-5,8-9H,6-7H2,1-3H3,(H,16,17)/t9-/m1/s1.